The van der Waals surface area contributed by atoms with Gasteiger partial charge in [0.15, 0.2) is 16.6 Å². The molecule has 0 aliphatic heterocycles. The van der Waals surface area contributed by atoms with Gasteiger partial charge in [0.25, 0.3) is 0 Å². The van der Waals surface area contributed by atoms with Gasteiger partial charge < -0.3 is 18.7 Å². The lowest BCUT2D eigenvalue weighted by molar-refractivity contribution is -0.104. The molecule has 0 bridgehead atoms. The first-order chi connectivity index (χ1) is 14.5. The predicted octanol–water partition coefficient (Wildman–Crippen LogP) is 6.75. The second-order valence-electron chi connectivity index (χ2n) is 12.6. The molecule has 6 heteroatoms. The SMILES string of the molecule is CC(C)(C)[Si](C)(C)OC[C@H]1[C@H](O)C[C@@H](OCc2ccccc2)C[C@@H]1O[Si](C)(C)C(C)(C)C. The summed E-state index contributed by atoms with van der Waals surface area (Å²) in [5.74, 6) is -0.0187. The molecule has 1 N–H and O–H groups in total. The van der Waals surface area contributed by atoms with Crippen LogP contribution >= 0.6 is 0 Å². The normalized spacial score (nSPS) is 25.7. The van der Waals surface area contributed by atoms with Crippen LogP contribution in [0, 0.1) is 5.92 Å². The highest BCUT2D eigenvalue weighted by molar-refractivity contribution is 6.74. The molecule has 1 aliphatic rings. The zero-order chi connectivity index (χ0) is 24.4. The number of hydrogen-bond donors (Lipinski definition) is 1. The number of hydrogen-bond acceptors (Lipinski definition) is 4. The molecular weight excluding hydrogens is 432 g/mol. The molecule has 1 saturated carbocycles. The molecule has 1 aromatic carbocycles. The van der Waals surface area contributed by atoms with Crippen molar-refractivity contribution in [2.45, 2.75) is 116 Å². The fourth-order valence-corrected chi connectivity index (χ4v) is 6.00. The first kappa shape index (κ1) is 27.7. The topological polar surface area (TPSA) is 47.9 Å². The van der Waals surface area contributed by atoms with Crippen molar-refractivity contribution < 1.29 is 18.7 Å². The number of aliphatic hydroxyl groups excluding tert-OH is 1. The lowest BCUT2D eigenvalue weighted by atomic mass is 9.83. The van der Waals surface area contributed by atoms with E-state index in [1.807, 2.05) is 18.2 Å². The summed E-state index contributed by atoms with van der Waals surface area (Å²) >= 11 is 0. The molecule has 0 amide bonds. The van der Waals surface area contributed by atoms with Crippen molar-refractivity contribution in [3.8, 4) is 0 Å². The second kappa shape index (κ2) is 10.4. The molecule has 32 heavy (non-hydrogen) atoms. The molecule has 1 aliphatic carbocycles. The summed E-state index contributed by atoms with van der Waals surface area (Å²) in [7, 11) is -3.91. The predicted molar refractivity (Wildman–Crippen MR) is 139 cm³/mol. The third-order valence-corrected chi connectivity index (χ3v) is 17.0. The largest absolute Gasteiger partial charge is 0.416 e. The molecule has 0 radical (unpaired) electrons. The monoisotopic (exact) mass is 480 g/mol. The number of aliphatic hydroxyl groups is 1. The van der Waals surface area contributed by atoms with Crippen LogP contribution in [0.5, 0.6) is 0 Å². The first-order valence-corrected chi connectivity index (χ1v) is 18.0. The Morgan fingerprint density at radius 2 is 1.44 bits per heavy atom. The van der Waals surface area contributed by atoms with Crippen LogP contribution in [0.1, 0.15) is 59.9 Å². The number of benzene rings is 1. The summed E-state index contributed by atoms with van der Waals surface area (Å²) in [5, 5.41) is 11.5. The molecule has 0 aromatic heterocycles. The highest BCUT2D eigenvalue weighted by Gasteiger charge is 2.46. The smallest absolute Gasteiger partial charge is 0.192 e. The maximum absolute atomic E-state index is 11.2. The van der Waals surface area contributed by atoms with Crippen molar-refractivity contribution in [3.63, 3.8) is 0 Å². The minimum atomic E-state index is -2.00. The van der Waals surface area contributed by atoms with Gasteiger partial charge in [0.05, 0.1) is 24.9 Å². The standard InChI is InChI=1S/C26H48O4Si2/c1-25(2,3)31(7,8)29-19-22-23(27)16-21(28-18-20-14-12-11-13-15-20)17-24(22)30-32(9,10)26(4,5)6/h11-15,21-24,27H,16-19H2,1-10H3/t21-,22+,23-,24+/m1/s1. The van der Waals surface area contributed by atoms with Gasteiger partial charge in [-0.15, -0.1) is 0 Å². The molecule has 184 valence electrons. The molecule has 0 saturated heterocycles. The van der Waals surface area contributed by atoms with E-state index >= 15 is 0 Å². The van der Waals surface area contributed by atoms with Gasteiger partial charge in [-0.05, 0) is 48.2 Å². The summed E-state index contributed by atoms with van der Waals surface area (Å²) in [4.78, 5) is 0. The van der Waals surface area contributed by atoms with E-state index in [9.17, 15) is 5.11 Å². The third kappa shape index (κ3) is 7.24. The Bertz CT molecular complexity index is 707. The van der Waals surface area contributed by atoms with E-state index in [0.29, 0.717) is 19.6 Å². The van der Waals surface area contributed by atoms with Crippen LogP contribution in [-0.2, 0) is 20.2 Å². The Hall–Kier alpha value is -0.506. The molecule has 0 unspecified atom stereocenters. The fourth-order valence-electron chi connectivity index (χ4n) is 3.58. The Kier molecular flexibility index (Phi) is 9.02. The van der Waals surface area contributed by atoms with Crippen molar-refractivity contribution in [2.24, 2.45) is 5.92 Å². The molecular formula is C26H48O4Si2. The van der Waals surface area contributed by atoms with E-state index in [2.05, 4.69) is 79.9 Å². The van der Waals surface area contributed by atoms with Gasteiger partial charge in [-0.2, -0.15) is 0 Å². The average molecular weight is 481 g/mol. The third-order valence-electron chi connectivity index (χ3n) is 7.99. The summed E-state index contributed by atoms with van der Waals surface area (Å²) in [6.07, 6.45) is 0.899. The quantitative estimate of drug-likeness (QED) is 0.418. The van der Waals surface area contributed by atoms with E-state index < -0.39 is 22.7 Å². The van der Waals surface area contributed by atoms with Crippen LogP contribution in [0.15, 0.2) is 30.3 Å². The zero-order valence-electron chi connectivity index (χ0n) is 22.2. The fraction of sp³-hybridized carbons (Fsp3) is 0.769. The summed E-state index contributed by atoms with van der Waals surface area (Å²) in [6, 6.07) is 10.2. The molecule has 1 fully saturated rings. The van der Waals surface area contributed by atoms with Crippen molar-refractivity contribution in [1.29, 1.82) is 0 Å². The number of rotatable bonds is 8. The van der Waals surface area contributed by atoms with Gasteiger partial charge in [0.2, 0.25) is 0 Å². The van der Waals surface area contributed by atoms with E-state index in [1.54, 1.807) is 0 Å². The Labute approximate surface area is 199 Å². The Morgan fingerprint density at radius 1 is 0.875 bits per heavy atom. The Balaban J connectivity index is 2.16. The maximum atomic E-state index is 11.2. The van der Waals surface area contributed by atoms with Gasteiger partial charge in [0.1, 0.15) is 0 Å². The van der Waals surface area contributed by atoms with Crippen LogP contribution in [0.4, 0.5) is 0 Å². The minimum Gasteiger partial charge on any atom is -0.416 e. The minimum absolute atomic E-state index is 0.0101. The lowest BCUT2D eigenvalue weighted by Crippen LogP contribution is -2.54. The van der Waals surface area contributed by atoms with Gasteiger partial charge in [-0.1, -0.05) is 71.9 Å². The summed E-state index contributed by atoms with van der Waals surface area (Å²) in [6.45, 7) is 23.8. The van der Waals surface area contributed by atoms with E-state index in [-0.39, 0.29) is 28.2 Å². The van der Waals surface area contributed by atoms with E-state index in [1.165, 1.54) is 0 Å². The van der Waals surface area contributed by atoms with Crippen LogP contribution in [0.25, 0.3) is 0 Å². The van der Waals surface area contributed by atoms with E-state index in [0.717, 1.165) is 12.0 Å². The maximum Gasteiger partial charge on any atom is 0.192 e. The van der Waals surface area contributed by atoms with Gasteiger partial charge in [-0.25, -0.2) is 0 Å². The summed E-state index contributed by atoms with van der Waals surface area (Å²) < 4.78 is 19.7. The molecule has 4 nitrogen and oxygen atoms in total. The lowest BCUT2D eigenvalue weighted by Gasteiger charge is -2.47. The molecule has 0 spiro atoms. The van der Waals surface area contributed by atoms with Gasteiger partial charge in [-0.3, -0.25) is 0 Å². The highest BCUT2D eigenvalue weighted by Crippen LogP contribution is 2.42. The van der Waals surface area contributed by atoms with Crippen molar-refractivity contribution >= 4 is 16.6 Å². The van der Waals surface area contributed by atoms with Crippen LogP contribution < -0.4 is 0 Å². The van der Waals surface area contributed by atoms with Crippen LogP contribution in [-0.4, -0.2) is 46.7 Å². The van der Waals surface area contributed by atoms with Crippen molar-refractivity contribution in [1.82, 2.24) is 0 Å². The molecule has 4 atom stereocenters. The zero-order valence-corrected chi connectivity index (χ0v) is 24.2. The van der Waals surface area contributed by atoms with Gasteiger partial charge in [0, 0.05) is 18.9 Å². The first-order valence-electron chi connectivity index (χ1n) is 12.2. The molecule has 2 rings (SSSR count). The van der Waals surface area contributed by atoms with Gasteiger partial charge >= 0.3 is 0 Å². The average Bonchev–Trinajstić information content (AvgIpc) is 2.64. The van der Waals surface area contributed by atoms with E-state index in [4.69, 9.17) is 13.6 Å². The number of ether oxygens (including phenoxy) is 1. The van der Waals surface area contributed by atoms with Crippen molar-refractivity contribution in [3.05, 3.63) is 35.9 Å². The Morgan fingerprint density at radius 3 is 1.97 bits per heavy atom. The van der Waals surface area contributed by atoms with Crippen molar-refractivity contribution in [2.75, 3.05) is 6.61 Å². The highest BCUT2D eigenvalue weighted by atomic mass is 28.4. The molecule has 1 aromatic rings. The van der Waals surface area contributed by atoms with Crippen LogP contribution in [0.3, 0.4) is 0 Å². The van der Waals surface area contributed by atoms with Crippen LogP contribution in [0.2, 0.25) is 36.3 Å². The second-order valence-corrected chi connectivity index (χ2v) is 22.2. The molecule has 0 heterocycles. The summed E-state index contributed by atoms with van der Waals surface area (Å²) in [5.41, 5.74) is 1.16.